The predicted molar refractivity (Wildman–Crippen MR) is 118 cm³/mol. The zero-order valence-electron chi connectivity index (χ0n) is 18.2. The van der Waals surface area contributed by atoms with Gasteiger partial charge in [0.1, 0.15) is 28.6 Å². The summed E-state index contributed by atoms with van der Waals surface area (Å²) in [5.74, 6) is 0.901. The zero-order chi connectivity index (χ0) is 22.3. The van der Waals surface area contributed by atoms with Crippen molar-refractivity contribution < 1.29 is 28.8 Å². The minimum absolute atomic E-state index is 0.0700. The lowest BCUT2D eigenvalue weighted by atomic mass is 9.97. The summed E-state index contributed by atoms with van der Waals surface area (Å²) in [5, 5.41) is 10.9. The number of phenolic OH excluding ortho intramolecular Hbond substituents is 1. The van der Waals surface area contributed by atoms with Crippen molar-refractivity contribution in [3.8, 4) is 23.0 Å². The van der Waals surface area contributed by atoms with Crippen LogP contribution in [0.4, 0.5) is 0 Å². The van der Waals surface area contributed by atoms with Gasteiger partial charge in [-0.1, -0.05) is 23.8 Å². The lowest BCUT2D eigenvalue weighted by Crippen LogP contribution is -2.07. The molecule has 0 atom stereocenters. The van der Waals surface area contributed by atoms with E-state index < -0.39 is 5.97 Å². The van der Waals surface area contributed by atoms with Crippen LogP contribution in [0.1, 0.15) is 40.9 Å². The Kier molecular flexibility index (Phi) is 7.92. The fraction of sp³-hybridized carbons (Fsp3) is 0.292. The molecule has 2 aromatic rings. The summed E-state index contributed by atoms with van der Waals surface area (Å²) < 4.78 is 21.2. The number of hydrogen-bond donors (Lipinski definition) is 1. The fourth-order valence-electron chi connectivity index (χ4n) is 3.06. The van der Waals surface area contributed by atoms with Crippen LogP contribution in [0.2, 0.25) is 0 Å². The third-order valence-corrected chi connectivity index (χ3v) is 4.61. The molecule has 0 spiro atoms. The first-order chi connectivity index (χ1) is 14.4. The Bertz CT molecular complexity index is 946. The lowest BCUT2D eigenvalue weighted by molar-refractivity contribution is 0.0597. The molecule has 1 N–H and O–H groups in total. The second-order valence-corrected chi connectivity index (χ2v) is 6.76. The second kappa shape index (κ2) is 10.4. The molecule has 0 saturated carbocycles. The monoisotopic (exact) mass is 412 g/mol. The number of rotatable bonds is 8. The molecular formula is C24H28O6. The molecule has 0 aliphatic carbocycles. The van der Waals surface area contributed by atoms with Gasteiger partial charge in [-0.2, -0.15) is 0 Å². The molecule has 160 valence electrons. The van der Waals surface area contributed by atoms with Gasteiger partial charge in [0, 0.05) is 5.56 Å². The van der Waals surface area contributed by atoms with Gasteiger partial charge in [0.05, 0.1) is 34.0 Å². The van der Waals surface area contributed by atoms with E-state index in [4.69, 9.17) is 18.9 Å². The largest absolute Gasteiger partial charge is 0.507 e. The van der Waals surface area contributed by atoms with Crippen LogP contribution >= 0.6 is 0 Å². The van der Waals surface area contributed by atoms with Gasteiger partial charge in [0.2, 0.25) is 0 Å². The van der Waals surface area contributed by atoms with Crippen molar-refractivity contribution in [2.45, 2.75) is 20.3 Å². The van der Waals surface area contributed by atoms with Gasteiger partial charge < -0.3 is 24.1 Å². The summed E-state index contributed by atoms with van der Waals surface area (Å²) in [7, 11) is 5.94. The Morgan fingerprint density at radius 1 is 0.967 bits per heavy atom. The van der Waals surface area contributed by atoms with E-state index in [1.807, 2.05) is 38.1 Å². The second-order valence-electron chi connectivity index (χ2n) is 6.76. The molecular weight excluding hydrogens is 384 g/mol. The molecule has 0 heterocycles. The third kappa shape index (κ3) is 4.95. The lowest BCUT2D eigenvalue weighted by Gasteiger charge is -2.15. The molecule has 0 radical (unpaired) electrons. The topological polar surface area (TPSA) is 74.2 Å². The van der Waals surface area contributed by atoms with Crippen molar-refractivity contribution in [1.29, 1.82) is 0 Å². The van der Waals surface area contributed by atoms with Crippen molar-refractivity contribution >= 4 is 18.1 Å². The molecule has 0 aromatic heterocycles. The number of carbonyl (C=O) groups is 1. The number of esters is 1. The smallest absolute Gasteiger partial charge is 0.342 e. The number of methoxy groups -OCH3 is 4. The van der Waals surface area contributed by atoms with Crippen LogP contribution < -0.4 is 14.2 Å². The van der Waals surface area contributed by atoms with Crippen LogP contribution in [0.25, 0.3) is 12.2 Å². The number of phenols is 1. The standard InChI is InChI=1S/C24H28O6/c1-15(2)10-12-18-21(29-5)14-16(22(23(18)25)24(26)30-6)11-13-17-19(27-3)8-7-9-20(17)28-4/h7-11,13-14,25H,12H2,1-6H3. The Morgan fingerprint density at radius 3 is 2.07 bits per heavy atom. The van der Waals surface area contributed by atoms with Crippen molar-refractivity contribution in [2.75, 3.05) is 28.4 Å². The van der Waals surface area contributed by atoms with Crippen LogP contribution in [0.3, 0.4) is 0 Å². The molecule has 0 amide bonds. The minimum atomic E-state index is -0.639. The predicted octanol–water partition coefficient (Wildman–Crippen LogP) is 4.88. The van der Waals surface area contributed by atoms with Crippen LogP contribution in [-0.2, 0) is 11.2 Å². The molecule has 2 aromatic carbocycles. The van der Waals surface area contributed by atoms with Crippen molar-refractivity contribution in [3.05, 3.63) is 58.2 Å². The zero-order valence-corrected chi connectivity index (χ0v) is 18.2. The van der Waals surface area contributed by atoms with Crippen LogP contribution in [0, 0.1) is 0 Å². The van der Waals surface area contributed by atoms with Gasteiger partial charge in [-0.3, -0.25) is 0 Å². The maximum atomic E-state index is 12.5. The van der Waals surface area contributed by atoms with Crippen molar-refractivity contribution in [2.24, 2.45) is 0 Å². The van der Waals surface area contributed by atoms with E-state index in [9.17, 15) is 9.90 Å². The van der Waals surface area contributed by atoms with Crippen molar-refractivity contribution in [1.82, 2.24) is 0 Å². The summed E-state index contributed by atoms with van der Waals surface area (Å²) in [4.78, 5) is 12.5. The Balaban J connectivity index is 2.68. The summed E-state index contributed by atoms with van der Waals surface area (Å²) >= 11 is 0. The first-order valence-corrected chi connectivity index (χ1v) is 9.41. The van der Waals surface area contributed by atoms with Crippen LogP contribution in [0.15, 0.2) is 35.9 Å². The Labute approximate surface area is 177 Å². The molecule has 0 unspecified atom stereocenters. The molecule has 6 heteroatoms. The molecule has 6 nitrogen and oxygen atoms in total. The highest BCUT2D eigenvalue weighted by Gasteiger charge is 2.22. The van der Waals surface area contributed by atoms with E-state index in [1.54, 1.807) is 32.4 Å². The summed E-state index contributed by atoms with van der Waals surface area (Å²) in [6.45, 7) is 3.92. The highest BCUT2D eigenvalue weighted by atomic mass is 16.5. The van der Waals surface area contributed by atoms with Crippen LogP contribution in [0.5, 0.6) is 23.0 Å². The van der Waals surface area contributed by atoms with Crippen LogP contribution in [-0.4, -0.2) is 39.5 Å². The fourth-order valence-corrected chi connectivity index (χ4v) is 3.06. The first-order valence-electron chi connectivity index (χ1n) is 9.41. The van der Waals surface area contributed by atoms with Gasteiger partial charge in [-0.25, -0.2) is 4.79 Å². The van der Waals surface area contributed by atoms with Gasteiger partial charge in [0.25, 0.3) is 0 Å². The highest BCUT2D eigenvalue weighted by Crippen LogP contribution is 2.37. The van der Waals surface area contributed by atoms with Crippen molar-refractivity contribution in [3.63, 3.8) is 0 Å². The number of hydrogen-bond acceptors (Lipinski definition) is 6. The van der Waals surface area contributed by atoms with E-state index >= 15 is 0 Å². The maximum Gasteiger partial charge on any atom is 0.342 e. The molecule has 0 saturated heterocycles. The number of aromatic hydroxyl groups is 1. The van der Waals surface area contributed by atoms with Gasteiger partial charge in [0.15, 0.2) is 0 Å². The first kappa shape index (κ1) is 22.9. The third-order valence-electron chi connectivity index (χ3n) is 4.61. The van der Waals surface area contributed by atoms with E-state index in [2.05, 4.69) is 0 Å². The Hall–Kier alpha value is -3.41. The SMILES string of the molecule is COC(=O)c1c(C=Cc2c(OC)cccc2OC)cc(OC)c(CC=C(C)C)c1O. The summed E-state index contributed by atoms with van der Waals surface area (Å²) in [5.41, 5.74) is 2.82. The number of allylic oxidation sites excluding steroid dienone is 2. The normalized spacial score (nSPS) is 10.6. The van der Waals surface area contributed by atoms with E-state index in [1.165, 1.54) is 14.2 Å². The molecule has 2 rings (SSSR count). The summed E-state index contributed by atoms with van der Waals surface area (Å²) in [6, 6.07) is 7.15. The van der Waals surface area contributed by atoms with Gasteiger partial charge in [-0.15, -0.1) is 0 Å². The molecule has 0 bridgehead atoms. The summed E-state index contributed by atoms with van der Waals surface area (Å²) in [6.07, 6.45) is 5.83. The average Bonchev–Trinajstić information content (AvgIpc) is 2.75. The Morgan fingerprint density at radius 2 is 1.57 bits per heavy atom. The molecule has 30 heavy (non-hydrogen) atoms. The quantitative estimate of drug-likeness (QED) is 0.378. The number of carbonyl (C=O) groups excluding carboxylic acids is 1. The van der Waals surface area contributed by atoms with E-state index in [0.29, 0.717) is 40.4 Å². The molecule has 0 aliphatic rings. The maximum absolute atomic E-state index is 12.5. The van der Waals surface area contributed by atoms with Gasteiger partial charge in [-0.05, 0) is 50.1 Å². The van der Waals surface area contributed by atoms with E-state index in [-0.39, 0.29) is 11.3 Å². The molecule has 0 aliphatic heterocycles. The van der Waals surface area contributed by atoms with Gasteiger partial charge >= 0.3 is 5.97 Å². The van der Waals surface area contributed by atoms with E-state index in [0.717, 1.165) is 5.57 Å². The molecule has 0 fully saturated rings. The highest BCUT2D eigenvalue weighted by molar-refractivity contribution is 5.99. The minimum Gasteiger partial charge on any atom is -0.507 e. The number of ether oxygens (including phenoxy) is 4. The average molecular weight is 412 g/mol. The number of benzene rings is 2.